The fourth-order valence-corrected chi connectivity index (χ4v) is 3.22. The normalized spacial score (nSPS) is 13.1. The van der Waals surface area contributed by atoms with Crippen LogP contribution in [0.25, 0.3) is 0 Å². The van der Waals surface area contributed by atoms with Gasteiger partial charge in [-0.3, -0.25) is 4.79 Å². The van der Waals surface area contributed by atoms with Crippen LogP contribution in [-0.4, -0.2) is 41.6 Å². The first-order valence-electron chi connectivity index (χ1n) is 6.98. The summed E-state index contributed by atoms with van der Waals surface area (Å²) in [7, 11) is 3.32. The lowest BCUT2D eigenvalue weighted by Crippen LogP contribution is -2.33. The quantitative estimate of drug-likeness (QED) is 0.277. The standard InChI is InChI=1S/C15H28O4S2/c1-13(2,3)12(17)18-8-9-20-21-15(6,7)11-19-14(4,5)10-16/h10H,8-9,11H2,1-7H3. The molecule has 21 heavy (non-hydrogen) atoms. The molecule has 6 heteroatoms. The summed E-state index contributed by atoms with van der Waals surface area (Å²) in [6.07, 6.45) is 0.812. The maximum Gasteiger partial charge on any atom is 0.311 e. The third-order valence-electron chi connectivity index (χ3n) is 2.37. The lowest BCUT2D eigenvalue weighted by atomic mass is 9.97. The first-order chi connectivity index (χ1) is 9.40. The van der Waals surface area contributed by atoms with Crippen LogP contribution < -0.4 is 0 Å². The molecular formula is C15H28O4S2. The van der Waals surface area contributed by atoms with E-state index in [0.717, 1.165) is 12.0 Å². The third kappa shape index (κ3) is 10.2. The van der Waals surface area contributed by atoms with Crippen LogP contribution in [0.1, 0.15) is 48.5 Å². The van der Waals surface area contributed by atoms with Crippen LogP contribution >= 0.6 is 21.6 Å². The van der Waals surface area contributed by atoms with Gasteiger partial charge in [0.25, 0.3) is 0 Å². The average Bonchev–Trinajstić information content (AvgIpc) is 2.35. The van der Waals surface area contributed by atoms with Crippen molar-refractivity contribution in [3.63, 3.8) is 0 Å². The molecule has 0 aliphatic heterocycles. The second kappa shape index (κ2) is 8.44. The second-order valence-electron chi connectivity index (χ2n) is 7.06. The molecule has 0 unspecified atom stereocenters. The van der Waals surface area contributed by atoms with Gasteiger partial charge in [-0.25, -0.2) is 0 Å². The highest BCUT2D eigenvalue weighted by Gasteiger charge is 2.26. The van der Waals surface area contributed by atoms with Crippen molar-refractivity contribution in [1.82, 2.24) is 0 Å². The Bertz CT molecular complexity index is 346. The Labute approximate surface area is 136 Å². The molecule has 0 aromatic carbocycles. The average molecular weight is 337 g/mol. The van der Waals surface area contributed by atoms with E-state index >= 15 is 0 Å². The van der Waals surface area contributed by atoms with Crippen LogP contribution in [0.2, 0.25) is 0 Å². The van der Waals surface area contributed by atoms with E-state index in [-0.39, 0.29) is 10.7 Å². The summed E-state index contributed by atoms with van der Waals surface area (Å²) in [6, 6.07) is 0. The molecule has 0 aromatic heterocycles. The van der Waals surface area contributed by atoms with Crippen molar-refractivity contribution in [2.75, 3.05) is 19.0 Å². The Hall–Kier alpha value is -0.200. The molecule has 0 bridgehead atoms. The minimum absolute atomic E-state index is 0.112. The van der Waals surface area contributed by atoms with Gasteiger partial charge in [-0.05, 0) is 48.5 Å². The van der Waals surface area contributed by atoms with Gasteiger partial charge in [-0.2, -0.15) is 0 Å². The number of esters is 1. The van der Waals surface area contributed by atoms with Crippen molar-refractivity contribution in [2.24, 2.45) is 5.41 Å². The summed E-state index contributed by atoms with van der Waals surface area (Å²) in [5.41, 5.74) is -1.20. The first-order valence-corrected chi connectivity index (χ1v) is 9.30. The monoisotopic (exact) mass is 336 g/mol. The van der Waals surface area contributed by atoms with Crippen molar-refractivity contribution in [3.05, 3.63) is 0 Å². The molecule has 0 aliphatic rings. The number of carbonyl (C=O) groups excluding carboxylic acids is 2. The predicted octanol–water partition coefficient (Wildman–Crippen LogP) is 3.73. The number of rotatable bonds is 9. The van der Waals surface area contributed by atoms with E-state index in [4.69, 9.17) is 9.47 Å². The highest BCUT2D eigenvalue weighted by molar-refractivity contribution is 8.77. The molecule has 0 N–H and O–H groups in total. The molecule has 0 aromatic rings. The van der Waals surface area contributed by atoms with Gasteiger partial charge >= 0.3 is 5.97 Å². The van der Waals surface area contributed by atoms with Gasteiger partial charge in [0.05, 0.1) is 12.0 Å². The Kier molecular flexibility index (Phi) is 8.36. The van der Waals surface area contributed by atoms with Gasteiger partial charge in [0, 0.05) is 10.5 Å². The molecule has 4 nitrogen and oxygen atoms in total. The Balaban J connectivity index is 3.90. The van der Waals surface area contributed by atoms with Crippen molar-refractivity contribution in [3.8, 4) is 0 Å². The summed E-state index contributed by atoms with van der Waals surface area (Å²) < 4.78 is 10.7. The van der Waals surface area contributed by atoms with Crippen molar-refractivity contribution < 1.29 is 19.1 Å². The zero-order valence-electron chi connectivity index (χ0n) is 14.1. The van der Waals surface area contributed by atoms with Crippen molar-refractivity contribution in [1.29, 1.82) is 0 Å². The maximum absolute atomic E-state index is 11.6. The number of hydrogen-bond acceptors (Lipinski definition) is 6. The number of hydrogen-bond donors (Lipinski definition) is 0. The fraction of sp³-hybridized carbons (Fsp3) is 0.867. The molecule has 0 heterocycles. The van der Waals surface area contributed by atoms with Gasteiger partial charge in [0.1, 0.15) is 12.2 Å². The van der Waals surface area contributed by atoms with Gasteiger partial charge < -0.3 is 14.3 Å². The van der Waals surface area contributed by atoms with E-state index in [1.54, 1.807) is 35.4 Å². The van der Waals surface area contributed by atoms with Crippen LogP contribution in [0.4, 0.5) is 0 Å². The van der Waals surface area contributed by atoms with E-state index in [1.807, 2.05) is 20.8 Å². The zero-order chi connectivity index (χ0) is 16.7. The minimum Gasteiger partial charge on any atom is -0.464 e. The summed E-state index contributed by atoms with van der Waals surface area (Å²) >= 11 is 0. The summed E-state index contributed by atoms with van der Waals surface area (Å²) in [5, 5.41) is 0. The molecule has 0 fully saturated rings. The largest absolute Gasteiger partial charge is 0.464 e. The number of aldehydes is 1. The Morgan fingerprint density at radius 1 is 1.10 bits per heavy atom. The van der Waals surface area contributed by atoms with E-state index in [1.165, 1.54) is 0 Å². The van der Waals surface area contributed by atoms with Gasteiger partial charge in [-0.15, -0.1) is 0 Å². The van der Waals surface area contributed by atoms with Crippen LogP contribution in [0.15, 0.2) is 0 Å². The molecule has 124 valence electrons. The van der Waals surface area contributed by atoms with Crippen molar-refractivity contribution in [2.45, 2.75) is 58.8 Å². The molecule has 0 amide bonds. The maximum atomic E-state index is 11.6. The predicted molar refractivity (Wildman–Crippen MR) is 90.6 cm³/mol. The highest BCUT2D eigenvalue weighted by Crippen LogP contribution is 2.36. The molecule has 0 atom stereocenters. The molecule has 0 radical (unpaired) electrons. The van der Waals surface area contributed by atoms with Gasteiger partial charge in [-0.1, -0.05) is 21.6 Å². The van der Waals surface area contributed by atoms with Crippen LogP contribution in [0, 0.1) is 5.41 Å². The molecule has 0 rings (SSSR count). The molecule has 0 saturated heterocycles. The van der Waals surface area contributed by atoms with E-state index in [2.05, 4.69) is 13.8 Å². The third-order valence-corrected chi connectivity index (χ3v) is 5.60. The van der Waals surface area contributed by atoms with E-state index in [9.17, 15) is 9.59 Å². The summed E-state index contributed by atoms with van der Waals surface area (Å²) in [4.78, 5) is 22.4. The van der Waals surface area contributed by atoms with Crippen molar-refractivity contribution >= 4 is 33.8 Å². The molecule has 0 aliphatic carbocycles. The second-order valence-corrected chi connectivity index (χ2v) is 10.2. The van der Waals surface area contributed by atoms with Gasteiger partial charge in [0.15, 0.2) is 6.29 Å². The lowest BCUT2D eigenvalue weighted by Gasteiger charge is -2.27. The fourth-order valence-electron chi connectivity index (χ4n) is 1.00. The summed E-state index contributed by atoms with van der Waals surface area (Å²) in [5.74, 6) is 0.552. The molecule has 0 spiro atoms. The highest BCUT2D eigenvalue weighted by atomic mass is 33.1. The SMILES string of the molecule is CC(C)(C=O)OCC(C)(C)SSCCOC(=O)C(C)(C)C. The smallest absolute Gasteiger partial charge is 0.311 e. The zero-order valence-corrected chi connectivity index (χ0v) is 15.8. The minimum atomic E-state index is -0.745. The van der Waals surface area contributed by atoms with E-state index < -0.39 is 11.0 Å². The molecule has 0 saturated carbocycles. The number of ether oxygens (including phenoxy) is 2. The molecular weight excluding hydrogens is 308 g/mol. The Morgan fingerprint density at radius 3 is 2.14 bits per heavy atom. The lowest BCUT2D eigenvalue weighted by molar-refractivity contribution is -0.152. The first kappa shape index (κ1) is 20.8. The van der Waals surface area contributed by atoms with Gasteiger partial charge in [0.2, 0.25) is 0 Å². The Morgan fingerprint density at radius 2 is 1.67 bits per heavy atom. The summed E-state index contributed by atoms with van der Waals surface area (Å²) in [6.45, 7) is 14.0. The number of carbonyl (C=O) groups is 2. The van der Waals surface area contributed by atoms with Crippen LogP contribution in [-0.2, 0) is 19.1 Å². The van der Waals surface area contributed by atoms with E-state index in [0.29, 0.717) is 13.2 Å². The van der Waals surface area contributed by atoms with Crippen LogP contribution in [0.5, 0.6) is 0 Å². The topological polar surface area (TPSA) is 52.6 Å². The van der Waals surface area contributed by atoms with Crippen LogP contribution in [0.3, 0.4) is 0 Å².